The lowest BCUT2D eigenvalue weighted by atomic mass is 10.1. The number of H-pyrrole nitrogens is 1. The number of carboxylic acid groups (broad SMARTS) is 2. The van der Waals surface area contributed by atoms with E-state index in [0.29, 0.717) is 17.9 Å². The smallest absolute Gasteiger partial charge is 0.490 e. The predicted molar refractivity (Wildman–Crippen MR) is 154 cm³/mol. The number of benzene rings is 2. The Morgan fingerprint density at radius 1 is 0.978 bits per heavy atom. The van der Waals surface area contributed by atoms with E-state index in [9.17, 15) is 31.4 Å². The molecule has 0 spiro atoms. The summed E-state index contributed by atoms with van der Waals surface area (Å²) >= 11 is 3.42. The number of nitrogens with zero attached hydrogens (tertiary/aromatic N) is 3. The molecular formula is C28H27BrF6N4O6. The molecule has 4 rings (SSSR count). The highest BCUT2D eigenvalue weighted by Gasteiger charge is 2.38. The SMILES string of the molecule is CN(CCc1ccccc1)CC(O)COc1ccc(-c2nc3ncc(Br)cc3[nH]2)cc1.O=C(O)C(F)(F)F.O=C(O)C(F)(F)F. The number of carbonyl (C=O) groups is 2. The molecule has 0 bridgehead atoms. The number of pyridine rings is 1. The summed E-state index contributed by atoms with van der Waals surface area (Å²) in [6.07, 6.45) is -8.03. The first-order valence-corrected chi connectivity index (χ1v) is 13.5. The maximum atomic E-state index is 10.6. The number of fused-ring (bicyclic) bond motifs is 1. The van der Waals surface area contributed by atoms with E-state index in [-0.39, 0.29) is 6.61 Å². The number of aromatic nitrogens is 3. The average Bonchev–Trinajstić information content (AvgIpc) is 3.39. The van der Waals surface area contributed by atoms with Crippen molar-refractivity contribution in [2.24, 2.45) is 0 Å². The molecule has 0 aliphatic heterocycles. The van der Waals surface area contributed by atoms with Crippen LogP contribution in [0.2, 0.25) is 0 Å². The molecule has 0 aliphatic carbocycles. The van der Waals surface area contributed by atoms with Crippen LogP contribution in [0.5, 0.6) is 5.75 Å². The number of hydrogen-bond acceptors (Lipinski definition) is 7. The van der Waals surface area contributed by atoms with Crippen LogP contribution in [-0.4, -0.2) is 92.3 Å². The van der Waals surface area contributed by atoms with Crippen LogP contribution in [0.25, 0.3) is 22.6 Å². The van der Waals surface area contributed by atoms with E-state index in [0.717, 1.165) is 34.3 Å². The van der Waals surface area contributed by atoms with E-state index in [1.54, 1.807) is 6.20 Å². The summed E-state index contributed by atoms with van der Waals surface area (Å²) in [5, 5.41) is 24.6. The van der Waals surface area contributed by atoms with Crippen molar-refractivity contribution in [3.63, 3.8) is 0 Å². The van der Waals surface area contributed by atoms with Crippen LogP contribution in [0.1, 0.15) is 5.56 Å². The van der Waals surface area contributed by atoms with Crippen molar-refractivity contribution in [3.05, 3.63) is 76.9 Å². The third-order valence-electron chi connectivity index (χ3n) is 5.51. The van der Waals surface area contributed by atoms with Crippen LogP contribution in [0, 0.1) is 0 Å². The zero-order valence-electron chi connectivity index (χ0n) is 23.3. The number of carboxylic acids is 2. The topological polar surface area (TPSA) is 149 Å². The molecule has 17 heteroatoms. The van der Waals surface area contributed by atoms with Crippen LogP contribution < -0.4 is 4.74 Å². The molecule has 244 valence electrons. The van der Waals surface area contributed by atoms with E-state index in [2.05, 4.69) is 47.9 Å². The fraction of sp³-hybridized carbons (Fsp3) is 0.286. The standard InChI is InChI=1S/C24H25BrN4O2.2C2HF3O2/c1-29(12-11-17-5-3-2-4-6-17)15-20(30)16-31-21-9-7-18(8-10-21)23-27-22-13-19(25)14-26-24(22)28-23;2*3-2(4,5)1(6)7/h2-10,13-14,20,30H,11-12,15-16H2,1H3,(H,26,27,28);2*(H,6,7). The number of aromatic amines is 1. The molecule has 0 amide bonds. The largest absolute Gasteiger partial charge is 0.491 e. The number of ether oxygens (including phenoxy) is 1. The van der Waals surface area contributed by atoms with Crippen LogP contribution in [-0.2, 0) is 16.0 Å². The fourth-order valence-corrected chi connectivity index (χ4v) is 3.71. The number of halogens is 7. The van der Waals surface area contributed by atoms with Gasteiger partial charge in [0.05, 0.1) is 5.52 Å². The Labute approximate surface area is 260 Å². The molecule has 1 atom stereocenters. The van der Waals surface area contributed by atoms with E-state index >= 15 is 0 Å². The summed E-state index contributed by atoms with van der Waals surface area (Å²) in [4.78, 5) is 32.0. The first kappa shape index (κ1) is 37.0. The number of aliphatic hydroxyl groups is 1. The zero-order valence-corrected chi connectivity index (χ0v) is 24.9. The second kappa shape index (κ2) is 16.7. The monoisotopic (exact) mass is 708 g/mol. The van der Waals surface area contributed by atoms with Gasteiger partial charge < -0.3 is 29.9 Å². The summed E-state index contributed by atoms with van der Waals surface area (Å²) in [6, 6.07) is 20.0. The van der Waals surface area contributed by atoms with Gasteiger partial charge in [-0.15, -0.1) is 0 Å². The van der Waals surface area contributed by atoms with Gasteiger partial charge in [0.2, 0.25) is 0 Å². The fourth-order valence-electron chi connectivity index (χ4n) is 3.38. The molecular weight excluding hydrogens is 682 g/mol. The Morgan fingerprint density at radius 2 is 1.53 bits per heavy atom. The summed E-state index contributed by atoms with van der Waals surface area (Å²) < 4.78 is 70.1. The van der Waals surface area contributed by atoms with Gasteiger partial charge in [-0.25, -0.2) is 19.6 Å². The van der Waals surface area contributed by atoms with Crippen molar-refractivity contribution in [1.29, 1.82) is 0 Å². The third kappa shape index (κ3) is 13.5. The molecule has 4 aromatic rings. The Balaban J connectivity index is 0.000000421. The van der Waals surface area contributed by atoms with Crippen molar-refractivity contribution in [2.45, 2.75) is 24.9 Å². The second-order valence-electron chi connectivity index (χ2n) is 9.20. The number of alkyl halides is 6. The number of likely N-dealkylation sites (N-methyl/N-ethyl adjacent to an activating group) is 1. The van der Waals surface area contributed by atoms with Gasteiger partial charge in [0.25, 0.3) is 0 Å². The van der Waals surface area contributed by atoms with Crippen molar-refractivity contribution >= 4 is 39.0 Å². The number of nitrogens with one attached hydrogen (secondary N) is 1. The highest BCUT2D eigenvalue weighted by Crippen LogP contribution is 2.23. The lowest BCUT2D eigenvalue weighted by Crippen LogP contribution is -2.34. The van der Waals surface area contributed by atoms with Crippen LogP contribution in [0.3, 0.4) is 0 Å². The molecule has 10 nitrogen and oxygen atoms in total. The molecule has 0 radical (unpaired) electrons. The molecule has 0 fully saturated rings. The summed E-state index contributed by atoms with van der Waals surface area (Å²) in [5.41, 5.74) is 3.80. The van der Waals surface area contributed by atoms with Gasteiger partial charge >= 0.3 is 24.3 Å². The molecule has 2 aromatic heterocycles. The van der Waals surface area contributed by atoms with Crippen LogP contribution in [0.4, 0.5) is 26.3 Å². The minimum absolute atomic E-state index is 0.248. The minimum Gasteiger partial charge on any atom is -0.491 e. The molecule has 2 heterocycles. The third-order valence-corrected chi connectivity index (χ3v) is 5.94. The minimum atomic E-state index is -5.08. The summed E-state index contributed by atoms with van der Waals surface area (Å²) in [7, 11) is 2.02. The molecule has 45 heavy (non-hydrogen) atoms. The number of rotatable bonds is 9. The second-order valence-corrected chi connectivity index (χ2v) is 10.1. The predicted octanol–water partition coefficient (Wildman–Crippen LogP) is 5.57. The van der Waals surface area contributed by atoms with Gasteiger partial charge in [0.15, 0.2) is 5.65 Å². The number of imidazole rings is 1. The normalized spacial score (nSPS) is 12.0. The van der Waals surface area contributed by atoms with Gasteiger partial charge in [-0.1, -0.05) is 30.3 Å². The quantitative estimate of drug-likeness (QED) is 0.164. The van der Waals surface area contributed by atoms with Crippen molar-refractivity contribution in [3.8, 4) is 17.1 Å². The van der Waals surface area contributed by atoms with Gasteiger partial charge in [-0.2, -0.15) is 26.3 Å². The van der Waals surface area contributed by atoms with E-state index in [1.807, 2.05) is 55.6 Å². The van der Waals surface area contributed by atoms with Gasteiger partial charge in [-0.3, -0.25) is 0 Å². The Bertz CT molecular complexity index is 1490. The van der Waals surface area contributed by atoms with Crippen molar-refractivity contribution in [1.82, 2.24) is 19.9 Å². The highest BCUT2D eigenvalue weighted by molar-refractivity contribution is 9.10. The molecule has 0 aliphatic rings. The maximum Gasteiger partial charge on any atom is 0.490 e. The van der Waals surface area contributed by atoms with Crippen LogP contribution >= 0.6 is 15.9 Å². The van der Waals surface area contributed by atoms with Gasteiger partial charge in [0.1, 0.15) is 24.3 Å². The Kier molecular flexibility index (Phi) is 13.8. The Hall–Kier alpha value is -4.22. The average molecular weight is 709 g/mol. The first-order valence-electron chi connectivity index (χ1n) is 12.7. The molecule has 2 aromatic carbocycles. The van der Waals surface area contributed by atoms with Gasteiger partial charge in [0, 0.05) is 29.3 Å². The van der Waals surface area contributed by atoms with E-state index in [1.165, 1.54) is 5.56 Å². The summed E-state index contributed by atoms with van der Waals surface area (Å²) in [5.74, 6) is -4.04. The molecule has 0 saturated carbocycles. The lowest BCUT2D eigenvalue weighted by Gasteiger charge is -2.20. The first-order chi connectivity index (χ1) is 21.0. The van der Waals surface area contributed by atoms with E-state index < -0.39 is 30.4 Å². The van der Waals surface area contributed by atoms with Crippen molar-refractivity contribution in [2.75, 3.05) is 26.7 Å². The van der Waals surface area contributed by atoms with Crippen LogP contribution in [0.15, 0.2) is 71.3 Å². The van der Waals surface area contributed by atoms with Crippen molar-refractivity contribution < 1.29 is 56.0 Å². The highest BCUT2D eigenvalue weighted by atomic mass is 79.9. The summed E-state index contributed by atoms with van der Waals surface area (Å²) in [6.45, 7) is 1.70. The zero-order chi connectivity index (χ0) is 33.8. The molecule has 4 N–H and O–H groups in total. The molecule has 0 saturated heterocycles. The molecule has 1 unspecified atom stereocenters. The van der Waals surface area contributed by atoms with Gasteiger partial charge in [-0.05, 0) is 65.3 Å². The number of aliphatic hydroxyl groups excluding tert-OH is 1. The number of hydrogen-bond donors (Lipinski definition) is 4. The van der Waals surface area contributed by atoms with E-state index in [4.69, 9.17) is 24.5 Å². The lowest BCUT2D eigenvalue weighted by molar-refractivity contribution is -0.193. The Morgan fingerprint density at radius 3 is 2.07 bits per heavy atom. The maximum absolute atomic E-state index is 10.6. The number of aliphatic carboxylic acids is 2.